The van der Waals surface area contributed by atoms with E-state index in [2.05, 4.69) is 25.3 Å². The molecule has 0 saturated heterocycles. The Bertz CT molecular complexity index is 877. The number of benzene rings is 2. The van der Waals surface area contributed by atoms with Gasteiger partial charge in [0.2, 0.25) is 5.95 Å². The molecule has 5 N–H and O–H groups in total. The zero-order valence-electron chi connectivity index (χ0n) is 13.9. The van der Waals surface area contributed by atoms with E-state index in [1.807, 2.05) is 30.3 Å². The lowest BCUT2D eigenvalue weighted by molar-refractivity contribution is 0.415. The molecule has 9 heteroatoms. The fourth-order valence-electron chi connectivity index (χ4n) is 2.19. The van der Waals surface area contributed by atoms with E-state index in [0.29, 0.717) is 11.4 Å². The van der Waals surface area contributed by atoms with Crippen molar-refractivity contribution in [3.8, 4) is 5.75 Å². The topological polar surface area (TPSA) is 97.1 Å². The number of ether oxygens (including phenoxy) is 1. The van der Waals surface area contributed by atoms with Crippen molar-refractivity contribution in [2.24, 2.45) is 5.14 Å². The molecule has 26 heavy (non-hydrogen) atoms. The molecule has 134 valence electrons. The largest absolute Gasteiger partial charge is 0.497 e. The maximum atomic E-state index is 14.1. The first-order chi connectivity index (χ1) is 12.7. The van der Waals surface area contributed by atoms with Gasteiger partial charge in [0.05, 0.1) is 24.7 Å². The molecule has 0 aliphatic carbocycles. The van der Waals surface area contributed by atoms with E-state index in [4.69, 9.17) is 9.88 Å². The fraction of sp³-hybridized carbons (Fsp3) is 0.0588. The van der Waals surface area contributed by atoms with Gasteiger partial charge in [-0.2, -0.15) is 4.98 Å². The highest BCUT2D eigenvalue weighted by atomic mass is 32.2. The van der Waals surface area contributed by atoms with E-state index in [1.165, 1.54) is 0 Å². The molecule has 0 bridgehead atoms. The molecule has 0 unspecified atom stereocenters. The highest BCUT2D eigenvalue weighted by Crippen LogP contribution is 2.27. The maximum absolute atomic E-state index is 14.1. The summed E-state index contributed by atoms with van der Waals surface area (Å²) in [6, 6.07) is 14.5. The van der Waals surface area contributed by atoms with Crippen LogP contribution < -0.4 is 25.2 Å². The maximum Gasteiger partial charge on any atom is 0.229 e. The summed E-state index contributed by atoms with van der Waals surface area (Å²) < 4.78 is 22.2. The summed E-state index contributed by atoms with van der Waals surface area (Å²) in [5, 5.41) is 11.4. The lowest BCUT2D eigenvalue weighted by atomic mass is 10.2. The molecule has 0 spiro atoms. The van der Waals surface area contributed by atoms with Gasteiger partial charge in [-0.15, -0.1) is 0 Å². The Morgan fingerprint density at radius 1 is 1.04 bits per heavy atom. The molecule has 0 saturated carbocycles. The van der Waals surface area contributed by atoms with Gasteiger partial charge in [-0.05, 0) is 36.4 Å². The summed E-state index contributed by atoms with van der Waals surface area (Å²) >= 11 is 0.952. The number of nitrogens with zero attached hydrogens (tertiary/aromatic N) is 2. The molecule has 7 nitrogen and oxygen atoms in total. The van der Waals surface area contributed by atoms with Crippen LogP contribution in [0.5, 0.6) is 5.75 Å². The number of aromatic nitrogens is 2. The molecule has 3 rings (SSSR count). The van der Waals surface area contributed by atoms with E-state index in [9.17, 15) is 4.39 Å². The number of hydrogen-bond donors (Lipinski definition) is 4. The Kier molecular flexibility index (Phi) is 5.72. The highest BCUT2D eigenvalue weighted by molar-refractivity contribution is 7.98. The summed E-state index contributed by atoms with van der Waals surface area (Å²) in [5.41, 5.74) is 2.10. The van der Waals surface area contributed by atoms with Gasteiger partial charge in [-0.1, -0.05) is 12.1 Å². The van der Waals surface area contributed by atoms with Crippen LogP contribution in [0.1, 0.15) is 0 Å². The number of nitrogens with two attached hydrogens (primary N) is 1. The third-order valence-corrected chi connectivity index (χ3v) is 3.78. The Hall–Kier alpha value is -3.04. The van der Waals surface area contributed by atoms with Crippen molar-refractivity contribution in [1.82, 2.24) is 9.97 Å². The van der Waals surface area contributed by atoms with Gasteiger partial charge in [0.1, 0.15) is 5.75 Å². The second-order valence-electron chi connectivity index (χ2n) is 5.13. The van der Waals surface area contributed by atoms with Crippen LogP contribution in [-0.2, 0) is 0 Å². The highest BCUT2D eigenvalue weighted by Gasteiger charge is 2.10. The third kappa shape index (κ3) is 4.32. The van der Waals surface area contributed by atoms with Crippen molar-refractivity contribution in [2.75, 3.05) is 22.5 Å². The Labute approximate surface area is 154 Å². The molecule has 0 fully saturated rings. The van der Waals surface area contributed by atoms with Crippen molar-refractivity contribution < 1.29 is 9.13 Å². The summed E-state index contributed by atoms with van der Waals surface area (Å²) in [5.74, 6) is 0.477. The van der Waals surface area contributed by atoms with Gasteiger partial charge >= 0.3 is 0 Å². The van der Waals surface area contributed by atoms with Gasteiger partial charge in [0.15, 0.2) is 11.6 Å². The number of methoxy groups -OCH3 is 1. The number of anilines is 5. The molecule has 2 aromatic carbocycles. The van der Waals surface area contributed by atoms with Gasteiger partial charge in [0, 0.05) is 17.8 Å². The molecule has 0 atom stereocenters. The molecule has 0 aliphatic heterocycles. The summed E-state index contributed by atoms with van der Waals surface area (Å²) in [6.07, 6.45) is 1.11. The normalized spacial score (nSPS) is 10.3. The minimum absolute atomic E-state index is 0.0484. The van der Waals surface area contributed by atoms with E-state index >= 15 is 0 Å². The van der Waals surface area contributed by atoms with Crippen molar-refractivity contribution in [3.63, 3.8) is 0 Å². The molecule has 1 heterocycles. The smallest absolute Gasteiger partial charge is 0.229 e. The third-order valence-electron chi connectivity index (χ3n) is 3.44. The summed E-state index contributed by atoms with van der Waals surface area (Å²) in [6.45, 7) is 0. The standard InChI is InChI=1S/C17H17FN6OS/c1-25-12-8-6-11(7-9-12)21-17-20-10-13(18)16(23-17)22-14-4-2-3-5-15(14)24-26-19/h2-10,24H,19H2,1H3,(H2,20,21,22,23). The van der Waals surface area contributed by atoms with Gasteiger partial charge in [-0.25, -0.2) is 9.37 Å². The first-order valence-corrected chi connectivity index (χ1v) is 8.49. The zero-order valence-corrected chi connectivity index (χ0v) is 14.7. The molecular formula is C17H17FN6OS. The lowest BCUT2D eigenvalue weighted by Gasteiger charge is -2.13. The monoisotopic (exact) mass is 372 g/mol. The van der Waals surface area contributed by atoms with Crippen LogP contribution in [0.15, 0.2) is 54.7 Å². The predicted octanol–water partition coefficient (Wildman–Crippen LogP) is 4.05. The number of hydrogen-bond acceptors (Lipinski definition) is 8. The van der Waals surface area contributed by atoms with Gasteiger partial charge < -0.3 is 20.1 Å². The molecule has 0 radical (unpaired) electrons. The van der Waals surface area contributed by atoms with E-state index < -0.39 is 5.82 Å². The minimum Gasteiger partial charge on any atom is -0.497 e. The van der Waals surface area contributed by atoms with Crippen molar-refractivity contribution in [1.29, 1.82) is 0 Å². The Morgan fingerprint density at radius 2 is 1.77 bits per heavy atom. The summed E-state index contributed by atoms with van der Waals surface area (Å²) in [7, 11) is 1.60. The SMILES string of the molecule is COc1ccc(Nc2ncc(F)c(Nc3ccccc3NSN)n2)cc1. The van der Waals surface area contributed by atoms with Gasteiger partial charge in [-0.3, -0.25) is 5.14 Å². The first-order valence-electron chi connectivity index (χ1n) is 7.61. The van der Waals surface area contributed by atoms with Crippen LogP contribution in [0, 0.1) is 5.82 Å². The second-order valence-corrected chi connectivity index (χ2v) is 5.57. The Balaban J connectivity index is 1.81. The molecule has 3 aromatic rings. The van der Waals surface area contributed by atoms with Crippen molar-refractivity contribution >= 4 is 41.0 Å². The minimum atomic E-state index is -0.569. The van der Waals surface area contributed by atoms with E-state index in [0.717, 1.165) is 29.8 Å². The van der Waals surface area contributed by atoms with Crippen LogP contribution in [-0.4, -0.2) is 17.1 Å². The molecule has 1 aromatic heterocycles. The molecule has 0 amide bonds. The van der Waals surface area contributed by atoms with Gasteiger partial charge in [0.25, 0.3) is 0 Å². The molecule has 0 aliphatic rings. The fourth-order valence-corrected chi connectivity index (χ4v) is 2.50. The average molecular weight is 372 g/mol. The van der Waals surface area contributed by atoms with Crippen LogP contribution in [0.3, 0.4) is 0 Å². The number of para-hydroxylation sites is 2. The number of halogens is 1. The van der Waals surface area contributed by atoms with E-state index in [-0.39, 0.29) is 11.8 Å². The summed E-state index contributed by atoms with van der Waals surface area (Å²) in [4.78, 5) is 8.17. The van der Waals surface area contributed by atoms with Crippen LogP contribution in [0.25, 0.3) is 0 Å². The van der Waals surface area contributed by atoms with Crippen LogP contribution in [0.2, 0.25) is 0 Å². The predicted molar refractivity (Wildman–Crippen MR) is 103 cm³/mol. The Morgan fingerprint density at radius 3 is 2.46 bits per heavy atom. The lowest BCUT2D eigenvalue weighted by Crippen LogP contribution is -2.04. The number of nitrogens with one attached hydrogen (secondary N) is 3. The van der Waals surface area contributed by atoms with Crippen molar-refractivity contribution in [2.45, 2.75) is 0 Å². The average Bonchev–Trinajstić information content (AvgIpc) is 2.67. The first kappa shape index (κ1) is 17.8. The molecular weight excluding hydrogens is 355 g/mol. The van der Waals surface area contributed by atoms with Crippen molar-refractivity contribution in [3.05, 3.63) is 60.5 Å². The van der Waals surface area contributed by atoms with E-state index in [1.54, 1.807) is 25.3 Å². The second kappa shape index (κ2) is 8.37. The number of rotatable bonds is 7. The van der Waals surface area contributed by atoms with Crippen LogP contribution in [0.4, 0.5) is 33.2 Å². The zero-order chi connectivity index (χ0) is 18.4. The van der Waals surface area contributed by atoms with Crippen LogP contribution >= 0.6 is 12.1 Å². The quantitative estimate of drug-likeness (QED) is 0.461.